The highest BCUT2D eigenvalue weighted by Crippen LogP contribution is 2.23. The first-order chi connectivity index (χ1) is 16.0. The molecule has 33 heavy (non-hydrogen) atoms. The molecule has 1 aromatic heterocycles. The van der Waals surface area contributed by atoms with E-state index >= 15 is 0 Å². The Balaban J connectivity index is 1.46. The summed E-state index contributed by atoms with van der Waals surface area (Å²) in [6, 6.07) is 14.6. The largest absolute Gasteiger partial charge is 0.459 e. The van der Waals surface area contributed by atoms with Gasteiger partial charge in [0.25, 0.3) is 11.8 Å². The summed E-state index contributed by atoms with van der Waals surface area (Å²) in [5.41, 5.74) is 2.71. The zero-order valence-electron chi connectivity index (χ0n) is 18.3. The number of aryl methyl sites for hydroxylation is 1. The number of morpholine rings is 1. The van der Waals surface area contributed by atoms with Crippen LogP contribution in [-0.2, 0) is 4.74 Å². The van der Waals surface area contributed by atoms with E-state index in [0.29, 0.717) is 31.0 Å². The van der Waals surface area contributed by atoms with Crippen molar-refractivity contribution in [2.75, 3.05) is 38.2 Å². The van der Waals surface area contributed by atoms with Gasteiger partial charge in [-0.3, -0.25) is 14.5 Å². The molecule has 0 radical (unpaired) electrons. The third kappa shape index (κ3) is 5.66. The van der Waals surface area contributed by atoms with Crippen molar-refractivity contribution in [1.82, 2.24) is 10.2 Å². The topological polar surface area (TPSA) is 83.8 Å². The minimum atomic E-state index is -0.385. The van der Waals surface area contributed by atoms with Crippen molar-refractivity contribution < 1.29 is 23.1 Å². The molecular weight excluding hydrogens is 425 g/mol. The first kappa shape index (κ1) is 22.7. The molecule has 1 aliphatic heterocycles. The number of anilines is 1. The van der Waals surface area contributed by atoms with Crippen LogP contribution >= 0.6 is 0 Å². The Labute approximate surface area is 191 Å². The molecule has 2 heterocycles. The van der Waals surface area contributed by atoms with Crippen molar-refractivity contribution in [3.63, 3.8) is 0 Å². The number of amides is 2. The molecule has 1 saturated heterocycles. The molecule has 1 aliphatic rings. The predicted octanol–water partition coefficient (Wildman–Crippen LogP) is 3.78. The van der Waals surface area contributed by atoms with Gasteiger partial charge in [0.15, 0.2) is 5.76 Å². The molecule has 8 heteroatoms. The minimum absolute atomic E-state index is 0.109. The van der Waals surface area contributed by atoms with E-state index in [0.717, 1.165) is 24.2 Å². The van der Waals surface area contributed by atoms with Gasteiger partial charge in [0, 0.05) is 30.9 Å². The smallest absolute Gasteiger partial charge is 0.291 e. The van der Waals surface area contributed by atoms with Crippen molar-refractivity contribution in [2.45, 2.75) is 13.0 Å². The Morgan fingerprint density at radius 3 is 2.52 bits per heavy atom. The Hall–Kier alpha value is -3.49. The van der Waals surface area contributed by atoms with Gasteiger partial charge in [-0.15, -0.1) is 0 Å². The molecule has 1 atom stereocenters. The Bertz CT molecular complexity index is 1090. The second kappa shape index (κ2) is 10.4. The van der Waals surface area contributed by atoms with Gasteiger partial charge < -0.3 is 19.8 Å². The van der Waals surface area contributed by atoms with Crippen LogP contribution < -0.4 is 10.6 Å². The number of rotatable bonds is 7. The molecule has 2 N–H and O–H groups in total. The zero-order chi connectivity index (χ0) is 23.2. The molecule has 0 spiro atoms. The highest BCUT2D eigenvalue weighted by atomic mass is 19.1. The Morgan fingerprint density at radius 1 is 1.06 bits per heavy atom. The molecule has 1 fully saturated rings. The van der Waals surface area contributed by atoms with Crippen molar-refractivity contribution in [3.05, 3.63) is 89.1 Å². The number of hydrogen-bond acceptors (Lipinski definition) is 5. The first-order valence-electron chi connectivity index (χ1n) is 10.8. The third-order valence-electron chi connectivity index (χ3n) is 5.69. The number of nitrogens with one attached hydrogen (secondary N) is 2. The minimum Gasteiger partial charge on any atom is -0.459 e. The highest BCUT2D eigenvalue weighted by Gasteiger charge is 2.23. The van der Waals surface area contributed by atoms with Crippen LogP contribution in [0.2, 0.25) is 0 Å². The van der Waals surface area contributed by atoms with Gasteiger partial charge >= 0.3 is 0 Å². The fraction of sp³-hybridized carbons (Fsp3) is 0.280. The molecule has 7 nitrogen and oxygen atoms in total. The second-order valence-electron chi connectivity index (χ2n) is 7.89. The summed E-state index contributed by atoms with van der Waals surface area (Å²) in [5.74, 6) is -0.752. The van der Waals surface area contributed by atoms with Crippen LogP contribution in [0.3, 0.4) is 0 Å². The van der Waals surface area contributed by atoms with Crippen molar-refractivity contribution >= 4 is 17.5 Å². The van der Waals surface area contributed by atoms with Crippen LogP contribution in [0.25, 0.3) is 0 Å². The Kier molecular flexibility index (Phi) is 7.16. The number of carbonyl (C=O) groups excluding carboxylic acids is 2. The molecule has 0 unspecified atom stereocenters. The van der Waals surface area contributed by atoms with Crippen molar-refractivity contribution in [3.8, 4) is 0 Å². The van der Waals surface area contributed by atoms with Crippen LogP contribution in [0.1, 0.15) is 38.1 Å². The van der Waals surface area contributed by atoms with Gasteiger partial charge in [-0.05, 0) is 54.4 Å². The summed E-state index contributed by atoms with van der Waals surface area (Å²) in [6.45, 7) is 4.89. The molecule has 0 saturated carbocycles. The van der Waals surface area contributed by atoms with Crippen LogP contribution in [0.15, 0.2) is 65.3 Å². The lowest BCUT2D eigenvalue weighted by molar-refractivity contribution is 0.0162. The fourth-order valence-corrected chi connectivity index (χ4v) is 3.81. The first-order valence-corrected chi connectivity index (χ1v) is 10.8. The number of ether oxygens (including phenoxy) is 1. The highest BCUT2D eigenvalue weighted by molar-refractivity contribution is 6.03. The molecule has 4 rings (SSSR count). The number of nitrogens with zero attached hydrogens (tertiary/aromatic N) is 1. The van der Waals surface area contributed by atoms with Crippen LogP contribution in [0.4, 0.5) is 10.1 Å². The van der Waals surface area contributed by atoms with E-state index in [-0.39, 0.29) is 29.4 Å². The van der Waals surface area contributed by atoms with E-state index in [4.69, 9.17) is 9.15 Å². The maximum atomic E-state index is 13.4. The van der Waals surface area contributed by atoms with Crippen molar-refractivity contribution in [1.29, 1.82) is 0 Å². The van der Waals surface area contributed by atoms with E-state index in [1.54, 1.807) is 42.5 Å². The van der Waals surface area contributed by atoms with Gasteiger partial charge in [0.2, 0.25) is 0 Å². The molecular formula is C25H26FN3O4. The van der Waals surface area contributed by atoms with E-state index in [2.05, 4.69) is 15.5 Å². The lowest BCUT2D eigenvalue weighted by Crippen LogP contribution is -2.43. The normalized spacial score (nSPS) is 15.1. The molecule has 2 amide bonds. The molecule has 172 valence electrons. The number of halogens is 1. The molecule has 0 aliphatic carbocycles. The molecule has 3 aromatic rings. The fourth-order valence-electron chi connectivity index (χ4n) is 3.81. The molecule has 0 bridgehead atoms. The number of furan rings is 1. The van der Waals surface area contributed by atoms with Crippen LogP contribution in [-0.4, -0.2) is 49.6 Å². The predicted molar refractivity (Wildman–Crippen MR) is 122 cm³/mol. The Morgan fingerprint density at radius 2 is 1.82 bits per heavy atom. The summed E-state index contributed by atoms with van der Waals surface area (Å²) >= 11 is 0. The monoisotopic (exact) mass is 451 g/mol. The van der Waals surface area contributed by atoms with Gasteiger partial charge in [-0.25, -0.2) is 4.39 Å². The standard InChI is InChI=1S/C25H26FN3O4/c1-17-4-5-19(15-21(17)28-25(31)23-3-2-12-33-23)24(30)27-16-22(29-10-13-32-14-11-29)18-6-8-20(26)9-7-18/h2-9,12,15,22H,10-11,13-14,16H2,1H3,(H,27,30)(H,28,31)/t22-/m0/s1. The van der Waals surface area contributed by atoms with Gasteiger partial charge in [0.1, 0.15) is 5.82 Å². The van der Waals surface area contributed by atoms with Gasteiger partial charge in [0.05, 0.1) is 25.5 Å². The van der Waals surface area contributed by atoms with Gasteiger partial charge in [-0.1, -0.05) is 18.2 Å². The van der Waals surface area contributed by atoms with E-state index in [1.807, 2.05) is 6.92 Å². The van der Waals surface area contributed by atoms with E-state index in [9.17, 15) is 14.0 Å². The third-order valence-corrected chi connectivity index (χ3v) is 5.69. The number of benzene rings is 2. The van der Waals surface area contributed by atoms with E-state index < -0.39 is 0 Å². The maximum absolute atomic E-state index is 13.4. The maximum Gasteiger partial charge on any atom is 0.291 e. The zero-order valence-corrected chi connectivity index (χ0v) is 18.3. The van der Waals surface area contributed by atoms with E-state index in [1.165, 1.54) is 18.4 Å². The summed E-state index contributed by atoms with van der Waals surface area (Å²) in [4.78, 5) is 27.5. The van der Waals surface area contributed by atoms with Crippen molar-refractivity contribution in [2.24, 2.45) is 0 Å². The lowest BCUT2D eigenvalue weighted by Gasteiger charge is -2.35. The SMILES string of the molecule is Cc1ccc(C(=O)NC[C@@H](c2ccc(F)cc2)N2CCOCC2)cc1NC(=O)c1ccco1. The van der Waals surface area contributed by atoms with Gasteiger partial charge in [-0.2, -0.15) is 0 Å². The van der Waals surface area contributed by atoms with Crippen LogP contribution in [0.5, 0.6) is 0 Å². The average Bonchev–Trinajstić information content (AvgIpc) is 3.37. The summed E-state index contributed by atoms with van der Waals surface area (Å²) in [7, 11) is 0. The van der Waals surface area contributed by atoms with Crippen LogP contribution in [0, 0.1) is 12.7 Å². The quantitative estimate of drug-likeness (QED) is 0.571. The molecule has 2 aromatic carbocycles. The summed E-state index contributed by atoms with van der Waals surface area (Å²) in [6.07, 6.45) is 1.43. The number of carbonyl (C=O) groups is 2. The number of hydrogen-bond donors (Lipinski definition) is 2. The summed E-state index contributed by atoms with van der Waals surface area (Å²) < 4.78 is 24.0. The average molecular weight is 451 g/mol. The summed E-state index contributed by atoms with van der Waals surface area (Å²) in [5, 5.41) is 5.78. The lowest BCUT2D eigenvalue weighted by atomic mass is 10.0. The second-order valence-corrected chi connectivity index (χ2v) is 7.89.